The zero-order valence-corrected chi connectivity index (χ0v) is 11.6. The third-order valence-corrected chi connectivity index (χ3v) is 4.58. The van der Waals surface area contributed by atoms with Crippen molar-refractivity contribution in [2.75, 3.05) is 19.6 Å². The van der Waals surface area contributed by atoms with Crippen LogP contribution in [0, 0.1) is 5.92 Å². The summed E-state index contributed by atoms with van der Waals surface area (Å²) in [6.07, 6.45) is 6.32. The van der Waals surface area contributed by atoms with Crippen LogP contribution in [-0.4, -0.2) is 35.1 Å². The molecule has 98 valence electrons. The number of piperazine rings is 1. The maximum atomic E-state index is 6.18. The summed E-state index contributed by atoms with van der Waals surface area (Å²) in [5.74, 6) is 0.869. The summed E-state index contributed by atoms with van der Waals surface area (Å²) < 4.78 is 0. The van der Waals surface area contributed by atoms with Crippen LogP contribution >= 0.6 is 11.6 Å². The van der Waals surface area contributed by atoms with E-state index in [4.69, 9.17) is 11.6 Å². The second-order valence-electron chi connectivity index (χ2n) is 5.80. The van der Waals surface area contributed by atoms with Gasteiger partial charge in [-0.1, -0.05) is 11.6 Å². The van der Waals surface area contributed by atoms with E-state index < -0.39 is 0 Å². The number of halogens is 1. The molecule has 1 aromatic heterocycles. The highest BCUT2D eigenvalue weighted by Gasteiger charge is 2.43. The first-order valence-electron chi connectivity index (χ1n) is 6.73. The first kappa shape index (κ1) is 12.4. The Hall–Kier alpha value is -0.640. The Balaban J connectivity index is 1.68. The van der Waals surface area contributed by atoms with Crippen LogP contribution in [0.2, 0.25) is 5.02 Å². The van der Waals surface area contributed by atoms with Gasteiger partial charge in [0.05, 0.1) is 5.02 Å². The van der Waals surface area contributed by atoms with Crippen LogP contribution in [0.1, 0.15) is 25.3 Å². The molecular formula is C14H20ClN3. The van der Waals surface area contributed by atoms with E-state index in [0.717, 1.165) is 37.1 Å². The van der Waals surface area contributed by atoms with E-state index in [0.29, 0.717) is 5.54 Å². The molecule has 0 radical (unpaired) electrons. The molecule has 1 saturated heterocycles. The summed E-state index contributed by atoms with van der Waals surface area (Å²) in [6, 6.07) is 2.03. The van der Waals surface area contributed by atoms with Gasteiger partial charge in [-0.15, -0.1) is 0 Å². The molecule has 1 aromatic rings. The minimum atomic E-state index is 0.303. The van der Waals surface area contributed by atoms with E-state index >= 15 is 0 Å². The molecule has 3 rings (SSSR count). The molecule has 2 fully saturated rings. The predicted octanol–water partition coefficient (Wildman–Crippen LogP) is 2.31. The molecule has 2 aliphatic rings. The van der Waals surface area contributed by atoms with Gasteiger partial charge in [0.15, 0.2) is 0 Å². The van der Waals surface area contributed by atoms with E-state index in [1.54, 1.807) is 6.20 Å². The Labute approximate surface area is 114 Å². The van der Waals surface area contributed by atoms with Crippen molar-refractivity contribution in [3.05, 3.63) is 29.0 Å². The van der Waals surface area contributed by atoms with Gasteiger partial charge in [-0.3, -0.25) is 9.88 Å². The molecule has 2 heterocycles. The first-order valence-corrected chi connectivity index (χ1v) is 7.11. The fourth-order valence-electron chi connectivity index (χ4n) is 3.00. The number of pyridine rings is 1. The molecule has 1 unspecified atom stereocenters. The smallest absolute Gasteiger partial charge is 0.0634 e. The van der Waals surface area contributed by atoms with Gasteiger partial charge in [-0.2, -0.15) is 0 Å². The molecule has 1 atom stereocenters. The standard InChI is InChI=1S/C14H20ClN3/c1-14(12-2-3-12)10-18(7-6-17-14)9-11-4-5-16-8-13(11)15/h4-5,8,12,17H,2-3,6-7,9-10H2,1H3. The van der Waals surface area contributed by atoms with Crippen molar-refractivity contribution in [2.45, 2.75) is 31.8 Å². The summed E-state index contributed by atoms with van der Waals surface area (Å²) in [7, 11) is 0. The third kappa shape index (κ3) is 2.53. The third-order valence-electron chi connectivity index (χ3n) is 4.24. The number of rotatable bonds is 3. The van der Waals surface area contributed by atoms with Crippen molar-refractivity contribution in [3.63, 3.8) is 0 Å². The molecule has 3 nitrogen and oxygen atoms in total. The van der Waals surface area contributed by atoms with Gasteiger partial charge in [0.1, 0.15) is 0 Å². The number of nitrogens with one attached hydrogen (secondary N) is 1. The molecule has 0 amide bonds. The quantitative estimate of drug-likeness (QED) is 0.909. The monoisotopic (exact) mass is 265 g/mol. The number of hydrogen-bond acceptors (Lipinski definition) is 3. The minimum Gasteiger partial charge on any atom is -0.309 e. The second-order valence-corrected chi connectivity index (χ2v) is 6.20. The highest BCUT2D eigenvalue weighted by molar-refractivity contribution is 6.31. The van der Waals surface area contributed by atoms with Crippen molar-refractivity contribution in [2.24, 2.45) is 5.92 Å². The van der Waals surface area contributed by atoms with Gasteiger partial charge in [0.25, 0.3) is 0 Å². The molecule has 1 aliphatic carbocycles. The van der Waals surface area contributed by atoms with Crippen molar-refractivity contribution < 1.29 is 0 Å². The van der Waals surface area contributed by atoms with Crippen LogP contribution in [0.4, 0.5) is 0 Å². The summed E-state index contributed by atoms with van der Waals surface area (Å²) >= 11 is 6.18. The van der Waals surface area contributed by atoms with Crippen LogP contribution < -0.4 is 5.32 Å². The van der Waals surface area contributed by atoms with Gasteiger partial charge in [-0.05, 0) is 37.3 Å². The maximum absolute atomic E-state index is 6.18. The Morgan fingerprint density at radius 2 is 2.39 bits per heavy atom. The molecule has 0 aromatic carbocycles. The number of nitrogens with zero attached hydrogens (tertiary/aromatic N) is 2. The van der Waals surface area contributed by atoms with Crippen LogP contribution in [0.25, 0.3) is 0 Å². The minimum absolute atomic E-state index is 0.303. The van der Waals surface area contributed by atoms with E-state index in [-0.39, 0.29) is 0 Å². The summed E-state index contributed by atoms with van der Waals surface area (Å²) in [4.78, 5) is 6.55. The fraction of sp³-hybridized carbons (Fsp3) is 0.643. The van der Waals surface area contributed by atoms with E-state index in [1.807, 2.05) is 12.3 Å². The highest BCUT2D eigenvalue weighted by atomic mass is 35.5. The normalized spacial score (nSPS) is 29.4. The van der Waals surface area contributed by atoms with Crippen molar-refractivity contribution in [1.29, 1.82) is 0 Å². The van der Waals surface area contributed by atoms with Crippen LogP contribution in [0.3, 0.4) is 0 Å². The Morgan fingerprint density at radius 3 is 3.11 bits per heavy atom. The Kier molecular flexibility index (Phi) is 3.31. The maximum Gasteiger partial charge on any atom is 0.0634 e. The second kappa shape index (κ2) is 4.80. The predicted molar refractivity (Wildman–Crippen MR) is 73.7 cm³/mol. The molecule has 1 aliphatic heterocycles. The SMILES string of the molecule is CC1(C2CC2)CN(Cc2ccncc2Cl)CCN1. The molecule has 0 spiro atoms. The molecule has 4 heteroatoms. The van der Waals surface area contributed by atoms with Gasteiger partial charge < -0.3 is 5.32 Å². The van der Waals surface area contributed by atoms with Crippen molar-refractivity contribution >= 4 is 11.6 Å². The van der Waals surface area contributed by atoms with Crippen LogP contribution in [0.15, 0.2) is 18.5 Å². The van der Waals surface area contributed by atoms with Crippen molar-refractivity contribution in [1.82, 2.24) is 15.2 Å². The average Bonchev–Trinajstić information content (AvgIpc) is 3.17. The highest BCUT2D eigenvalue weighted by Crippen LogP contribution is 2.40. The lowest BCUT2D eigenvalue weighted by molar-refractivity contribution is 0.121. The van der Waals surface area contributed by atoms with E-state index in [1.165, 1.54) is 18.4 Å². The summed E-state index contributed by atoms with van der Waals surface area (Å²) in [5, 5.41) is 4.48. The van der Waals surface area contributed by atoms with Crippen LogP contribution in [-0.2, 0) is 6.54 Å². The fourth-order valence-corrected chi connectivity index (χ4v) is 3.18. The number of aromatic nitrogens is 1. The Morgan fingerprint density at radius 1 is 1.56 bits per heavy atom. The molecular weight excluding hydrogens is 246 g/mol. The molecule has 0 bridgehead atoms. The lowest BCUT2D eigenvalue weighted by Gasteiger charge is -2.42. The van der Waals surface area contributed by atoms with E-state index in [9.17, 15) is 0 Å². The van der Waals surface area contributed by atoms with Gasteiger partial charge in [0, 0.05) is 44.1 Å². The van der Waals surface area contributed by atoms with Gasteiger partial charge in [0.2, 0.25) is 0 Å². The molecule has 1 saturated carbocycles. The van der Waals surface area contributed by atoms with Crippen molar-refractivity contribution in [3.8, 4) is 0 Å². The topological polar surface area (TPSA) is 28.2 Å². The largest absolute Gasteiger partial charge is 0.309 e. The number of hydrogen-bond donors (Lipinski definition) is 1. The summed E-state index contributed by atoms with van der Waals surface area (Å²) in [5.41, 5.74) is 1.49. The molecule has 1 N–H and O–H groups in total. The molecule has 18 heavy (non-hydrogen) atoms. The zero-order chi connectivity index (χ0) is 12.6. The lowest BCUT2D eigenvalue weighted by atomic mass is 9.93. The van der Waals surface area contributed by atoms with Gasteiger partial charge in [-0.25, -0.2) is 0 Å². The average molecular weight is 266 g/mol. The first-order chi connectivity index (χ1) is 8.67. The summed E-state index contributed by atoms with van der Waals surface area (Å²) in [6.45, 7) is 6.60. The zero-order valence-electron chi connectivity index (χ0n) is 10.8. The Bertz CT molecular complexity index is 433. The van der Waals surface area contributed by atoms with E-state index in [2.05, 4.69) is 22.1 Å². The van der Waals surface area contributed by atoms with Gasteiger partial charge >= 0.3 is 0 Å². The van der Waals surface area contributed by atoms with Crippen LogP contribution in [0.5, 0.6) is 0 Å². The lowest BCUT2D eigenvalue weighted by Crippen LogP contribution is -2.59.